The number of esters is 1. The number of para-hydroxylation sites is 2. The number of amides is 1. The molecule has 0 aliphatic heterocycles. The molecule has 3 rings (SSSR count). The van der Waals surface area contributed by atoms with Crippen molar-refractivity contribution in [2.45, 2.75) is 13.0 Å². The Kier molecular flexibility index (Phi) is 5.90. The van der Waals surface area contributed by atoms with E-state index < -0.39 is 18.0 Å². The van der Waals surface area contributed by atoms with Gasteiger partial charge in [-0.1, -0.05) is 30.3 Å². The van der Waals surface area contributed by atoms with Crippen LogP contribution in [0.2, 0.25) is 0 Å². The molecule has 0 radical (unpaired) electrons. The summed E-state index contributed by atoms with van der Waals surface area (Å²) in [7, 11) is 1.41. The van der Waals surface area contributed by atoms with Gasteiger partial charge in [-0.2, -0.15) is 10.4 Å². The van der Waals surface area contributed by atoms with Gasteiger partial charge < -0.3 is 14.8 Å². The van der Waals surface area contributed by atoms with E-state index in [1.807, 2.05) is 36.4 Å². The Morgan fingerprint density at radius 2 is 1.83 bits per heavy atom. The first-order valence-corrected chi connectivity index (χ1v) is 8.73. The minimum atomic E-state index is -1.11. The summed E-state index contributed by atoms with van der Waals surface area (Å²) in [6.45, 7) is 1.43. The van der Waals surface area contributed by atoms with E-state index in [-0.39, 0.29) is 11.4 Å². The number of rotatable bonds is 6. The van der Waals surface area contributed by atoms with E-state index in [9.17, 15) is 9.59 Å². The summed E-state index contributed by atoms with van der Waals surface area (Å²) in [5.74, 6) is -1.14. The summed E-state index contributed by atoms with van der Waals surface area (Å²) in [5.41, 5.74) is 1.34. The van der Waals surface area contributed by atoms with Crippen molar-refractivity contribution >= 4 is 17.6 Å². The largest absolute Gasteiger partial charge is 0.493 e. The van der Waals surface area contributed by atoms with Crippen molar-refractivity contribution in [2.75, 3.05) is 12.4 Å². The second kappa shape index (κ2) is 8.71. The lowest BCUT2D eigenvalue weighted by atomic mass is 10.2. The van der Waals surface area contributed by atoms with Gasteiger partial charge in [0.2, 0.25) is 5.69 Å². The van der Waals surface area contributed by atoms with Crippen molar-refractivity contribution < 1.29 is 19.1 Å². The molecule has 8 heteroatoms. The summed E-state index contributed by atoms with van der Waals surface area (Å²) in [6.07, 6.45) is 0.445. The predicted octanol–water partition coefficient (Wildman–Crippen LogP) is 2.94. The van der Waals surface area contributed by atoms with Crippen molar-refractivity contribution in [2.24, 2.45) is 0 Å². The molecule has 0 unspecified atom stereocenters. The third-order valence-corrected chi connectivity index (χ3v) is 4.07. The quantitative estimate of drug-likeness (QED) is 0.649. The van der Waals surface area contributed by atoms with Crippen LogP contribution in [0.3, 0.4) is 0 Å². The lowest BCUT2D eigenvalue weighted by Gasteiger charge is -2.13. The fraction of sp³-hybridized carbons (Fsp3) is 0.143. The van der Waals surface area contributed by atoms with Crippen LogP contribution in [0.25, 0.3) is 5.69 Å². The van der Waals surface area contributed by atoms with Crippen molar-refractivity contribution in [1.82, 2.24) is 9.78 Å². The number of carbonyl (C=O) groups is 2. The van der Waals surface area contributed by atoms with E-state index in [1.54, 1.807) is 30.5 Å². The van der Waals surface area contributed by atoms with Gasteiger partial charge >= 0.3 is 5.97 Å². The monoisotopic (exact) mass is 390 g/mol. The van der Waals surface area contributed by atoms with E-state index in [1.165, 1.54) is 18.7 Å². The van der Waals surface area contributed by atoms with Gasteiger partial charge in [0.15, 0.2) is 11.9 Å². The molecule has 0 saturated heterocycles. The second-order valence-corrected chi connectivity index (χ2v) is 6.02. The maximum absolute atomic E-state index is 12.5. The number of methoxy groups -OCH3 is 1. The predicted molar refractivity (Wildman–Crippen MR) is 105 cm³/mol. The average molecular weight is 390 g/mol. The minimum absolute atomic E-state index is 0.0478. The van der Waals surface area contributed by atoms with Crippen LogP contribution in [0.5, 0.6) is 5.75 Å². The topological polar surface area (TPSA) is 106 Å². The Morgan fingerprint density at radius 3 is 2.52 bits per heavy atom. The zero-order chi connectivity index (χ0) is 20.8. The van der Waals surface area contributed by atoms with Crippen molar-refractivity contribution in [3.63, 3.8) is 0 Å². The smallest absolute Gasteiger partial charge is 0.363 e. The zero-order valence-electron chi connectivity index (χ0n) is 15.8. The van der Waals surface area contributed by atoms with Crippen LogP contribution < -0.4 is 10.1 Å². The number of nitrogens with one attached hydrogen (secondary N) is 1. The van der Waals surface area contributed by atoms with Crippen LogP contribution >= 0.6 is 0 Å². The lowest BCUT2D eigenvalue weighted by molar-refractivity contribution is -0.123. The molecule has 1 amide bonds. The maximum Gasteiger partial charge on any atom is 0.363 e. The third kappa shape index (κ3) is 4.42. The Hall–Kier alpha value is -4.12. The van der Waals surface area contributed by atoms with Gasteiger partial charge in [-0.3, -0.25) is 4.79 Å². The molecule has 8 nitrogen and oxygen atoms in total. The van der Waals surface area contributed by atoms with E-state index in [2.05, 4.69) is 10.4 Å². The highest BCUT2D eigenvalue weighted by Crippen LogP contribution is 2.21. The first kappa shape index (κ1) is 19.6. The number of aromatic nitrogens is 2. The second-order valence-electron chi connectivity index (χ2n) is 6.02. The molecule has 3 aromatic rings. The molecule has 146 valence electrons. The molecule has 0 aliphatic rings. The molecule has 1 atom stereocenters. The minimum Gasteiger partial charge on any atom is -0.493 e. The number of ether oxygens (including phenoxy) is 2. The zero-order valence-corrected chi connectivity index (χ0v) is 15.8. The van der Waals surface area contributed by atoms with Gasteiger partial charge in [-0.15, -0.1) is 0 Å². The summed E-state index contributed by atoms with van der Waals surface area (Å²) in [5, 5.41) is 15.9. The van der Waals surface area contributed by atoms with E-state index >= 15 is 0 Å². The number of carbonyl (C=O) groups excluding carboxylic acids is 2. The standard InChI is InChI=1S/C21H18N4O4/c1-14(20(26)23-17-11-7-6-8-15(17)12-22)29-21(27)19-18(28-2)13-25(24-19)16-9-4-3-5-10-16/h3-11,13-14H,1-2H3,(H,23,26)/t14-/m0/s1. The SMILES string of the molecule is COc1cn(-c2ccccc2)nc1C(=O)O[C@@H](C)C(=O)Nc1ccccc1C#N. The van der Waals surface area contributed by atoms with Crippen molar-refractivity contribution in [3.05, 3.63) is 72.1 Å². The highest BCUT2D eigenvalue weighted by atomic mass is 16.6. The summed E-state index contributed by atoms with van der Waals surface area (Å²) in [4.78, 5) is 24.9. The number of anilines is 1. The fourth-order valence-electron chi connectivity index (χ4n) is 2.56. The van der Waals surface area contributed by atoms with Gasteiger partial charge in [-0.05, 0) is 31.2 Å². The van der Waals surface area contributed by atoms with Gasteiger partial charge in [0.25, 0.3) is 5.91 Å². The molecule has 2 aromatic carbocycles. The Morgan fingerprint density at radius 1 is 1.14 bits per heavy atom. The summed E-state index contributed by atoms with van der Waals surface area (Å²) < 4.78 is 12.0. The van der Waals surface area contributed by atoms with E-state index in [0.29, 0.717) is 11.3 Å². The van der Waals surface area contributed by atoms with Crippen LogP contribution in [0.4, 0.5) is 5.69 Å². The highest BCUT2D eigenvalue weighted by Gasteiger charge is 2.25. The molecule has 1 aromatic heterocycles. The number of hydrogen-bond acceptors (Lipinski definition) is 6. The summed E-state index contributed by atoms with van der Waals surface area (Å²) >= 11 is 0. The van der Waals surface area contributed by atoms with E-state index in [4.69, 9.17) is 14.7 Å². The molecule has 1 heterocycles. The normalized spacial score (nSPS) is 11.2. The molecular formula is C21H18N4O4. The first-order chi connectivity index (χ1) is 14.0. The molecule has 29 heavy (non-hydrogen) atoms. The first-order valence-electron chi connectivity index (χ1n) is 8.73. The van der Waals surface area contributed by atoms with Crippen LogP contribution in [0.1, 0.15) is 23.0 Å². The van der Waals surface area contributed by atoms with Gasteiger partial charge in [0.1, 0.15) is 6.07 Å². The maximum atomic E-state index is 12.5. The molecule has 0 aliphatic carbocycles. The molecule has 1 N–H and O–H groups in total. The van der Waals surface area contributed by atoms with Crippen LogP contribution in [-0.2, 0) is 9.53 Å². The number of benzene rings is 2. The number of nitriles is 1. The molecule has 0 saturated carbocycles. The van der Waals surface area contributed by atoms with Gasteiger partial charge in [0.05, 0.1) is 30.2 Å². The lowest BCUT2D eigenvalue weighted by Crippen LogP contribution is -2.30. The van der Waals surface area contributed by atoms with E-state index in [0.717, 1.165) is 5.69 Å². The third-order valence-electron chi connectivity index (χ3n) is 4.07. The molecule has 0 fully saturated rings. The Bertz CT molecular complexity index is 1070. The van der Waals surface area contributed by atoms with Crippen molar-refractivity contribution in [1.29, 1.82) is 5.26 Å². The Labute approximate surface area is 167 Å². The van der Waals surface area contributed by atoms with Gasteiger partial charge in [0, 0.05) is 0 Å². The summed E-state index contributed by atoms with van der Waals surface area (Å²) in [6, 6.07) is 17.7. The van der Waals surface area contributed by atoms with Crippen molar-refractivity contribution in [3.8, 4) is 17.5 Å². The number of hydrogen-bond donors (Lipinski definition) is 1. The molecule has 0 spiro atoms. The molecule has 0 bridgehead atoms. The average Bonchev–Trinajstić information content (AvgIpc) is 3.19. The van der Waals surface area contributed by atoms with Gasteiger partial charge in [-0.25, -0.2) is 9.48 Å². The molecular weight excluding hydrogens is 372 g/mol. The van der Waals surface area contributed by atoms with Crippen LogP contribution in [0, 0.1) is 11.3 Å². The number of nitrogens with zero attached hydrogens (tertiary/aromatic N) is 3. The highest BCUT2D eigenvalue weighted by molar-refractivity contribution is 5.98. The Balaban J connectivity index is 1.73. The van der Waals surface area contributed by atoms with Crippen LogP contribution in [0.15, 0.2) is 60.8 Å². The van der Waals surface area contributed by atoms with Crippen LogP contribution in [-0.4, -0.2) is 34.9 Å². The fourth-order valence-corrected chi connectivity index (χ4v) is 2.56.